The molecule has 0 saturated heterocycles. The summed E-state index contributed by atoms with van der Waals surface area (Å²) in [6.45, 7) is 3.40. The largest absolute Gasteiger partial charge is 0.497 e. The van der Waals surface area contributed by atoms with E-state index < -0.39 is 5.54 Å². The van der Waals surface area contributed by atoms with E-state index in [0.717, 1.165) is 17.1 Å². The first kappa shape index (κ1) is 15.8. The molecule has 5 heteroatoms. The van der Waals surface area contributed by atoms with Crippen LogP contribution in [0.1, 0.15) is 25.5 Å². The Labute approximate surface area is 114 Å². The van der Waals surface area contributed by atoms with E-state index in [4.69, 9.17) is 9.47 Å². The molecule has 1 rings (SSSR count). The van der Waals surface area contributed by atoms with Crippen LogP contribution in [0.4, 0.5) is 0 Å². The molecule has 0 saturated carbocycles. The highest BCUT2D eigenvalue weighted by Crippen LogP contribution is 2.30. The molecule has 0 amide bonds. The van der Waals surface area contributed by atoms with Crippen LogP contribution in [0.25, 0.3) is 0 Å². The molecular formula is C14H23NO4. The first-order chi connectivity index (χ1) is 8.99. The van der Waals surface area contributed by atoms with Gasteiger partial charge in [-0.15, -0.1) is 0 Å². The molecule has 0 aliphatic carbocycles. The zero-order valence-electron chi connectivity index (χ0n) is 11.9. The van der Waals surface area contributed by atoms with Gasteiger partial charge in [-0.3, -0.25) is 0 Å². The molecule has 0 aromatic heterocycles. The van der Waals surface area contributed by atoms with E-state index in [9.17, 15) is 10.2 Å². The summed E-state index contributed by atoms with van der Waals surface area (Å²) in [6.07, 6.45) is 0. The molecule has 0 aliphatic rings. The van der Waals surface area contributed by atoms with Crippen molar-refractivity contribution in [2.75, 3.05) is 27.4 Å². The van der Waals surface area contributed by atoms with Gasteiger partial charge in [0.1, 0.15) is 11.5 Å². The molecule has 5 nitrogen and oxygen atoms in total. The third kappa shape index (κ3) is 3.83. The van der Waals surface area contributed by atoms with Crippen LogP contribution in [-0.2, 0) is 0 Å². The molecule has 0 aliphatic heterocycles. The van der Waals surface area contributed by atoms with Gasteiger partial charge in [0.05, 0.1) is 33.0 Å². The Hall–Kier alpha value is -1.30. The predicted molar refractivity (Wildman–Crippen MR) is 73.7 cm³/mol. The van der Waals surface area contributed by atoms with E-state index >= 15 is 0 Å². The van der Waals surface area contributed by atoms with Gasteiger partial charge in [0, 0.05) is 11.6 Å². The number of nitrogens with one attached hydrogen (secondary N) is 1. The van der Waals surface area contributed by atoms with Crippen LogP contribution < -0.4 is 14.8 Å². The van der Waals surface area contributed by atoms with Gasteiger partial charge >= 0.3 is 0 Å². The van der Waals surface area contributed by atoms with Crippen LogP contribution in [0.2, 0.25) is 0 Å². The number of aliphatic hydroxyl groups is 2. The SMILES string of the molecule is COc1ccc(OC)c(C(C)NC(C)(CO)CO)c1. The van der Waals surface area contributed by atoms with Gasteiger partial charge in [-0.05, 0) is 32.0 Å². The number of aliphatic hydroxyl groups excluding tert-OH is 2. The van der Waals surface area contributed by atoms with E-state index in [1.165, 1.54) is 0 Å². The summed E-state index contributed by atoms with van der Waals surface area (Å²) < 4.78 is 10.5. The summed E-state index contributed by atoms with van der Waals surface area (Å²) in [5, 5.41) is 21.9. The molecule has 0 bridgehead atoms. The lowest BCUT2D eigenvalue weighted by Crippen LogP contribution is -2.49. The molecule has 19 heavy (non-hydrogen) atoms. The van der Waals surface area contributed by atoms with Crippen molar-refractivity contribution in [1.29, 1.82) is 0 Å². The molecule has 1 aromatic rings. The summed E-state index contributed by atoms with van der Waals surface area (Å²) in [5.74, 6) is 1.47. The van der Waals surface area contributed by atoms with E-state index in [1.54, 1.807) is 21.1 Å². The average Bonchev–Trinajstić information content (AvgIpc) is 2.46. The highest BCUT2D eigenvalue weighted by Gasteiger charge is 2.26. The zero-order chi connectivity index (χ0) is 14.5. The van der Waals surface area contributed by atoms with E-state index in [0.29, 0.717) is 0 Å². The summed E-state index contributed by atoms with van der Waals surface area (Å²) in [4.78, 5) is 0. The number of hydrogen-bond donors (Lipinski definition) is 3. The number of rotatable bonds is 7. The maximum atomic E-state index is 9.33. The van der Waals surface area contributed by atoms with Gasteiger partial charge < -0.3 is 25.0 Å². The van der Waals surface area contributed by atoms with Crippen molar-refractivity contribution in [2.24, 2.45) is 0 Å². The summed E-state index contributed by atoms with van der Waals surface area (Å²) >= 11 is 0. The third-order valence-electron chi connectivity index (χ3n) is 3.17. The van der Waals surface area contributed by atoms with Crippen molar-refractivity contribution in [1.82, 2.24) is 5.32 Å². The van der Waals surface area contributed by atoms with Crippen LogP contribution in [0.5, 0.6) is 11.5 Å². The van der Waals surface area contributed by atoms with Crippen molar-refractivity contribution in [3.63, 3.8) is 0 Å². The third-order valence-corrected chi connectivity index (χ3v) is 3.17. The van der Waals surface area contributed by atoms with Crippen LogP contribution in [0, 0.1) is 0 Å². The second kappa shape index (κ2) is 6.75. The van der Waals surface area contributed by atoms with E-state index in [-0.39, 0.29) is 19.3 Å². The summed E-state index contributed by atoms with van der Waals surface area (Å²) in [6, 6.07) is 5.44. The van der Waals surface area contributed by atoms with Gasteiger partial charge in [-0.1, -0.05) is 0 Å². The second-order valence-electron chi connectivity index (χ2n) is 4.85. The number of hydrogen-bond acceptors (Lipinski definition) is 5. The molecular weight excluding hydrogens is 246 g/mol. The Morgan fingerprint density at radius 2 is 1.84 bits per heavy atom. The number of ether oxygens (including phenoxy) is 2. The Kier molecular flexibility index (Phi) is 5.60. The van der Waals surface area contributed by atoms with Crippen molar-refractivity contribution in [3.05, 3.63) is 23.8 Å². The molecule has 1 atom stereocenters. The Bertz CT molecular complexity index is 404. The van der Waals surface area contributed by atoms with Gasteiger partial charge in [-0.2, -0.15) is 0 Å². The van der Waals surface area contributed by atoms with Crippen LogP contribution in [0.15, 0.2) is 18.2 Å². The quantitative estimate of drug-likeness (QED) is 0.691. The van der Waals surface area contributed by atoms with Gasteiger partial charge in [0.2, 0.25) is 0 Å². The molecule has 0 heterocycles. The van der Waals surface area contributed by atoms with Gasteiger partial charge in [0.15, 0.2) is 0 Å². The van der Waals surface area contributed by atoms with Gasteiger partial charge in [-0.25, -0.2) is 0 Å². The standard InChI is InChI=1S/C14H23NO4/c1-10(15-14(2,8-16)9-17)12-7-11(18-3)5-6-13(12)19-4/h5-7,10,15-17H,8-9H2,1-4H3. The van der Waals surface area contributed by atoms with Crippen molar-refractivity contribution >= 4 is 0 Å². The zero-order valence-corrected chi connectivity index (χ0v) is 11.9. The number of benzene rings is 1. The first-order valence-corrected chi connectivity index (χ1v) is 6.21. The van der Waals surface area contributed by atoms with Crippen LogP contribution >= 0.6 is 0 Å². The fourth-order valence-electron chi connectivity index (χ4n) is 1.92. The minimum atomic E-state index is -0.743. The lowest BCUT2D eigenvalue weighted by molar-refractivity contribution is 0.0954. The maximum absolute atomic E-state index is 9.33. The van der Waals surface area contributed by atoms with Crippen LogP contribution in [0.3, 0.4) is 0 Å². The Balaban J connectivity index is 3.00. The summed E-state index contributed by atoms with van der Waals surface area (Å²) in [7, 11) is 3.21. The minimum Gasteiger partial charge on any atom is -0.497 e. The highest BCUT2D eigenvalue weighted by atomic mass is 16.5. The lowest BCUT2D eigenvalue weighted by atomic mass is 10.00. The Morgan fingerprint density at radius 3 is 2.32 bits per heavy atom. The lowest BCUT2D eigenvalue weighted by Gasteiger charge is -2.31. The molecule has 1 aromatic carbocycles. The normalized spacial score (nSPS) is 13.2. The fourth-order valence-corrected chi connectivity index (χ4v) is 1.92. The molecule has 108 valence electrons. The smallest absolute Gasteiger partial charge is 0.123 e. The Morgan fingerprint density at radius 1 is 1.21 bits per heavy atom. The van der Waals surface area contributed by atoms with Gasteiger partial charge in [0.25, 0.3) is 0 Å². The fraction of sp³-hybridized carbons (Fsp3) is 0.571. The molecule has 0 spiro atoms. The van der Waals surface area contributed by atoms with E-state index in [1.807, 2.05) is 25.1 Å². The molecule has 3 N–H and O–H groups in total. The topological polar surface area (TPSA) is 71.0 Å². The average molecular weight is 269 g/mol. The first-order valence-electron chi connectivity index (χ1n) is 6.21. The monoisotopic (exact) mass is 269 g/mol. The molecule has 1 unspecified atom stereocenters. The van der Waals surface area contributed by atoms with Crippen molar-refractivity contribution in [3.8, 4) is 11.5 Å². The van der Waals surface area contributed by atoms with Crippen molar-refractivity contribution < 1.29 is 19.7 Å². The van der Waals surface area contributed by atoms with Crippen molar-refractivity contribution in [2.45, 2.75) is 25.4 Å². The van der Waals surface area contributed by atoms with E-state index in [2.05, 4.69) is 5.32 Å². The predicted octanol–water partition coefficient (Wildman–Crippen LogP) is 1.10. The summed E-state index contributed by atoms with van der Waals surface area (Å²) in [5.41, 5.74) is 0.169. The second-order valence-corrected chi connectivity index (χ2v) is 4.85. The molecule has 0 fully saturated rings. The number of methoxy groups -OCH3 is 2. The molecule has 0 radical (unpaired) electrons. The highest BCUT2D eigenvalue weighted by molar-refractivity contribution is 5.42. The minimum absolute atomic E-state index is 0.102. The maximum Gasteiger partial charge on any atom is 0.123 e. The van der Waals surface area contributed by atoms with Crippen LogP contribution in [-0.4, -0.2) is 43.2 Å².